The summed E-state index contributed by atoms with van der Waals surface area (Å²) < 4.78 is 0. The number of carboxylic acids is 1. The molecule has 0 radical (unpaired) electrons. The minimum absolute atomic E-state index is 0.205. The molecule has 0 rings (SSSR count). The molecule has 0 aliphatic heterocycles. The highest BCUT2D eigenvalue weighted by Gasteiger charge is 2.24. The third kappa shape index (κ3) is 13.7. The Labute approximate surface area is 143 Å². The van der Waals surface area contributed by atoms with Crippen LogP contribution in [0.1, 0.15) is 53.4 Å². The van der Waals surface area contributed by atoms with Gasteiger partial charge < -0.3 is 5.11 Å². The minimum Gasteiger partial charge on any atom is -0.481 e. The van der Waals surface area contributed by atoms with Crippen LogP contribution in [0.2, 0.25) is 0 Å². The van der Waals surface area contributed by atoms with E-state index >= 15 is 0 Å². The summed E-state index contributed by atoms with van der Waals surface area (Å²) in [6.45, 7) is 9.57. The predicted molar refractivity (Wildman–Crippen MR) is 96.9 cm³/mol. The van der Waals surface area contributed by atoms with Crippen molar-refractivity contribution < 1.29 is 20.0 Å². The van der Waals surface area contributed by atoms with Crippen LogP contribution < -0.4 is 0 Å². The Kier molecular flexibility index (Phi) is 11.6. The van der Waals surface area contributed by atoms with E-state index < -0.39 is 5.97 Å². The van der Waals surface area contributed by atoms with Crippen LogP contribution in [0.4, 0.5) is 0 Å². The first kappa shape index (κ1) is 22.1. The number of hydrogen-bond donors (Lipinski definition) is 2. The predicted octanol–water partition coefficient (Wildman–Crippen LogP) is 4.64. The minimum atomic E-state index is -0.729. The molecule has 0 atom stereocenters. The van der Waals surface area contributed by atoms with E-state index in [1.165, 1.54) is 18.2 Å². The fourth-order valence-corrected chi connectivity index (χ4v) is 4.09. The Morgan fingerprint density at radius 2 is 1.41 bits per heavy atom. The monoisotopic (exact) mass is 352 g/mol. The summed E-state index contributed by atoms with van der Waals surface area (Å²) in [7, 11) is 0. The molecule has 0 aliphatic rings. The molecule has 132 valence electrons. The third-order valence-corrected chi connectivity index (χ3v) is 5.76. The SMILES string of the molecule is CC(C)(CCSCCOO)CCC(C)(C)CCSCC(=O)O. The van der Waals surface area contributed by atoms with Crippen molar-refractivity contribution in [2.75, 3.05) is 29.6 Å². The molecule has 0 spiro atoms. The van der Waals surface area contributed by atoms with Crippen molar-refractivity contribution in [1.29, 1.82) is 0 Å². The van der Waals surface area contributed by atoms with E-state index in [4.69, 9.17) is 10.4 Å². The second kappa shape index (κ2) is 11.6. The van der Waals surface area contributed by atoms with Gasteiger partial charge in [-0.2, -0.15) is 23.5 Å². The number of hydrogen-bond acceptors (Lipinski definition) is 5. The van der Waals surface area contributed by atoms with E-state index in [-0.39, 0.29) is 11.2 Å². The molecule has 0 unspecified atom stereocenters. The molecule has 0 amide bonds. The smallest absolute Gasteiger partial charge is 0.313 e. The Morgan fingerprint density at radius 3 is 1.86 bits per heavy atom. The van der Waals surface area contributed by atoms with Crippen molar-refractivity contribution in [2.24, 2.45) is 10.8 Å². The van der Waals surface area contributed by atoms with Crippen molar-refractivity contribution >= 4 is 29.5 Å². The maximum Gasteiger partial charge on any atom is 0.313 e. The second-order valence-electron chi connectivity index (χ2n) is 7.22. The molecule has 0 bridgehead atoms. The zero-order chi connectivity index (χ0) is 17.1. The molecule has 0 aliphatic carbocycles. The molecule has 0 fully saturated rings. The standard InChI is InChI=1S/C16H32O4S2/c1-15(2,7-10-21-12-9-20-19)5-6-16(3,4)8-11-22-13-14(17)18/h19H,5-13H2,1-4H3,(H,17,18). The summed E-state index contributed by atoms with van der Waals surface area (Å²) in [5, 5.41) is 16.9. The topological polar surface area (TPSA) is 66.8 Å². The summed E-state index contributed by atoms with van der Waals surface area (Å²) in [6, 6.07) is 0. The van der Waals surface area contributed by atoms with Gasteiger partial charge in [0.25, 0.3) is 0 Å². The van der Waals surface area contributed by atoms with Crippen LogP contribution in [0.15, 0.2) is 0 Å². The van der Waals surface area contributed by atoms with E-state index in [2.05, 4.69) is 32.6 Å². The largest absolute Gasteiger partial charge is 0.481 e. The lowest BCUT2D eigenvalue weighted by Gasteiger charge is -2.31. The van der Waals surface area contributed by atoms with Crippen molar-refractivity contribution in [3.63, 3.8) is 0 Å². The molecular weight excluding hydrogens is 320 g/mol. The normalized spacial score (nSPS) is 12.6. The second-order valence-corrected chi connectivity index (χ2v) is 9.55. The summed E-state index contributed by atoms with van der Waals surface area (Å²) in [5.74, 6) is 2.31. The lowest BCUT2D eigenvalue weighted by molar-refractivity contribution is -0.236. The zero-order valence-electron chi connectivity index (χ0n) is 14.4. The molecule has 0 aromatic rings. The summed E-state index contributed by atoms with van der Waals surface area (Å²) in [6.07, 6.45) is 4.56. The quantitative estimate of drug-likeness (QED) is 0.270. The van der Waals surface area contributed by atoms with Gasteiger partial charge >= 0.3 is 5.97 Å². The molecule has 0 saturated carbocycles. The van der Waals surface area contributed by atoms with Gasteiger partial charge in [-0.25, -0.2) is 4.89 Å². The van der Waals surface area contributed by atoms with Gasteiger partial charge in [-0.1, -0.05) is 27.7 Å². The van der Waals surface area contributed by atoms with Crippen molar-refractivity contribution in [1.82, 2.24) is 0 Å². The number of thioether (sulfide) groups is 2. The number of carboxylic acid groups (broad SMARTS) is 1. The molecule has 2 N–H and O–H groups in total. The highest BCUT2D eigenvalue weighted by molar-refractivity contribution is 7.99. The van der Waals surface area contributed by atoms with Gasteiger partial charge in [0.1, 0.15) is 0 Å². The average molecular weight is 353 g/mol. The van der Waals surface area contributed by atoms with Gasteiger partial charge in [-0.3, -0.25) is 10.1 Å². The van der Waals surface area contributed by atoms with Crippen LogP contribution in [0, 0.1) is 10.8 Å². The highest BCUT2D eigenvalue weighted by atomic mass is 32.2. The Morgan fingerprint density at radius 1 is 0.909 bits per heavy atom. The highest BCUT2D eigenvalue weighted by Crippen LogP contribution is 2.36. The fraction of sp³-hybridized carbons (Fsp3) is 0.938. The molecule has 4 nitrogen and oxygen atoms in total. The van der Waals surface area contributed by atoms with Crippen LogP contribution in [0.5, 0.6) is 0 Å². The van der Waals surface area contributed by atoms with Gasteiger partial charge in [0.2, 0.25) is 0 Å². The maximum absolute atomic E-state index is 10.5. The number of aliphatic carboxylic acids is 1. The number of rotatable bonds is 14. The van der Waals surface area contributed by atoms with Gasteiger partial charge in [0.15, 0.2) is 0 Å². The molecule has 0 heterocycles. The average Bonchev–Trinajstić information content (AvgIpc) is 2.41. The Bertz CT molecular complexity index is 307. The fourth-order valence-electron chi connectivity index (χ4n) is 1.98. The van der Waals surface area contributed by atoms with Crippen LogP contribution >= 0.6 is 23.5 Å². The molecular formula is C16H32O4S2. The van der Waals surface area contributed by atoms with Gasteiger partial charge in [0.05, 0.1) is 12.4 Å². The lowest BCUT2D eigenvalue weighted by Crippen LogP contribution is -2.20. The van der Waals surface area contributed by atoms with Crippen molar-refractivity contribution in [2.45, 2.75) is 53.4 Å². The van der Waals surface area contributed by atoms with E-state index in [1.807, 2.05) is 11.8 Å². The van der Waals surface area contributed by atoms with Crippen LogP contribution in [-0.4, -0.2) is 46.0 Å². The lowest BCUT2D eigenvalue weighted by atomic mass is 9.76. The van der Waals surface area contributed by atoms with Crippen LogP contribution in [0.3, 0.4) is 0 Å². The first-order valence-electron chi connectivity index (χ1n) is 7.82. The van der Waals surface area contributed by atoms with E-state index in [1.54, 1.807) is 0 Å². The van der Waals surface area contributed by atoms with E-state index in [0.29, 0.717) is 12.0 Å². The van der Waals surface area contributed by atoms with E-state index in [9.17, 15) is 4.79 Å². The summed E-state index contributed by atoms with van der Waals surface area (Å²) >= 11 is 3.32. The van der Waals surface area contributed by atoms with Crippen molar-refractivity contribution in [3.05, 3.63) is 0 Å². The van der Waals surface area contributed by atoms with Crippen LogP contribution in [-0.2, 0) is 9.68 Å². The summed E-state index contributed by atoms with van der Waals surface area (Å²) in [4.78, 5) is 14.6. The molecule has 0 aromatic heterocycles. The molecule has 0 saturated heterocycles. The molecule has 0 aromatic carbocycles. The maximum atomic E-state index is 10.5. The molecule has 6 heteroatoms. The first-order valence-corrected chi connectivity index (χ1v) is 10.1. The van der Waals surface area contributed by atoms with Gasteiger partial charge in [0, 0.05) is 5.75 Å². The van der Waals surface area contributed by atoms with E-state index in [0.717, 1.165) is 36.5 Å². The molecule has 22 heavy (non-hydrogen) atoms. The van der Waals surface area contributed by atoms with Gasteiger partial charge in [-0.05, 0) is 48.0 Å². The number of carbonyl (C=O) groups is 1. The Hall–Kier alpha value is 0.0900. The Balaban J connectivity index is 3.87. The first-order chi connectivity index (χ1) is 10.2. The summed E-state index contributed by atoms with van der Waals surface area (Å²) in [5.41, 5.74) is 0.583. The van der Waals surface area contributed by atoms with Gasteiger partial charge in [-0.15, -0.1) is 0 Å². The zero-order valence-corrected chi connectivity index (χ0v) is 16.0. The van der Waals surface area contributed by atoms with Crippen LogP contribution in [0.25, 0.3) is 0 Å². The third-order valence-electron chi connectivity index (χ3n) is 3.87. The van der Waals surface area contributed by atoms with Crippen molar-refractivity contribution in [3.8, 4) is 0 Å².